The Bertz CT molecular complexity index is 1430. The molecule has 3 aromatic carbocycles. The minimum absolute atomic E-state index is 0.0439. The van der Waals surface area contributed by atoms with Crippen LogP contribution in [-0.2, 0) is 14.8 Å². The van der Waals surface area contributed by atoms with Crippen molar-refractivity contribution in [3.63, 3.8) is 0 Å². The number of methoxy groups -OCH3 is 2. The molecule has 0 aromatic heterocycles. The molecule has 0 radical (unpaired) electrons. The van der Waals surface area contributed by atoms with Crippen LogP contribution in [0.5, 0.6) is 11.5 Å². The molecule has 1 amide bonds. The fourth-order valence-corrected chi connectivity index (χ4v) is 4.66. The van der Waals surface area contributed by atoms with Crippen molar-refractivity contribution in [2.24, 2.45) is 5.10 Å². The Morgan fingerprint density at radius 2 is 1.65 bits per heavy atom. The number of non-ortho nitro benzene ring substituents is 1. The van der Waals surface area contributed by atoms with Crippen LogP contribution < -0.4 is 19.2 Å². The second kappa shape index (κ2) is 11.5. The van der Waals surface area contributed by atoms with Crippen molar-refractivity contribution < 1.29 is 32.0 Å². The molecule has 0 saturated heterocycles. The molecule has 3 aromatic rings. The second-order valence-electron chi connectivity index (χ2n) is 7.54. The summed E-state index contributed by atoms with van der Waals surface area (Å²) in [5, 5.41) is 14.8. The molecule has 0 fully saturated rings. The van der Waals surface area contributed by atoms with E-state index in [9.17, 15) is 27.7 Å². The topological polar surface area (TPSA) is 140 Å². The lowest BCUT2D eigenvalue weighted by molar-refractivity contribution is -0.384. The first-order valence-corrected chi connectivity index (χ1v) is 12.1. The van der Waals surface area contributed by atoms with Crippen LogP contribution in [0.3, 0.4) is 0 Å². The van der Waals surface area contributed by atoms with Crippen LogP contribution in [0.2, 0.25) is 0 Å². The summed E-state index contributed by atoms with van der Waals surface area (Å²) in [6, 6.07) is 14.1. The van der Waals surface area contributed by atoms with Gasteiger partial charge in [0, 0.05) is 18.2 Å². The van der Waals surface area contributed by atoms with Gasteiger partial charge in [-0.05, 0) is 61.0 Å². The maximum atomic E-state index is 13.5. The summed E-state index contributed by atoms with van der Waals surface area (Å²) in [4.78, 5) is 22.8. The van der Waals surface area contributed by atoms with E-state index in [0.717, 1.165) is 16.4 Å². The molecule has 0 spiro atoms. The van der Waals surface area contributed by atoms with Crippen LogP contribution in [0.25, 0.3) is 0 Å². The molecule has 0 heterocycles. The third kappa shape index (κ3) is 6.38. The van der Waals surface area contributed by atoms with Gasteiger partial charge in [0.25, 0.3) is 21.6 Å². The van der Waals surface area contributed by atoms with Gasteiger partial charge < -0.3 is 9.47 Å². The number of nitro benzene ring substituents is 1. The van der Waals surface area contributed by atoms with Crippen molar-refractivity contribution in [1.82, 2.24) is 5.43 Å². The average Bonchev–Trinajstić information content (AvgIpc) is 2.90. The van der Waals surface area contributed by atoms with Crippen molar-refractivity contribution in [3.05, 3.63) is 88.2 Å². The fraction of sp³-hybridized carbons (Fsp3) is 0.167. The van der Waals surface area contributed by atoms with Crippen molar-refractivity contribution in [3.8, 4) is 11.5 Å². The van der Waals surface area contributed by atoms with E-state index in [4.69, 9.17) is 9.47 Å². The van der Waals surface area contributed by atoms with Crippen molar-refractivity contribution in [2.45, 2.75) is 11.8 Å². The van der Waals surface area contributed by atoms with Gasteiger partial charge in [-0.15, -0.1) is 0 Å². The number of hydrazone groups is 1. The molecular weight excluding hydrogens is 507 g/mol. The maximum absolute atomic E-state index is 13.5. The van der Waals surface area contributed by atoms with E-state index in [2.05, 4.69) is 10.5 Å². The Balaban J connectivity index is 1.89. The molecule has 0 saturated carbocycles. The van der Waals surface area contributed by atoms with Gasteiger partial charge >= 0.3 is 0 Å². The number of sulfonamides is 1. The quantitative estimate of drug-likeness (QED) is 0.240. The van der Waals surface area contributed by atoms with Gasteiger partial charge in [0.15, 0.2) is 11.5 Å². The zero-order valence-corrected chi connectivity index (χ0v) is 20.9. The summed E-state index contributed by atoms with van der Waals surface area (Å²) in [5.41, 5.74) is 3.07. The van der Waals surface area contributed by atoms with Gasteiger partial charge in [-0.2, -0.15) is 5.10 Å². The Morgan fingerprint density at radius 3 is 2.22 bits per heavy atom. The van der Waals surface area contributed by atoms with E-state index in [1.807, 2.05) is 0 Å². The highest BCUT2D eigenvalue weighted by molar-refractivity contribution is 7.92. The van der Waals surface area contributed by atoms with Gasteiger partial charge in [-0.25, -0.2) is 18.2 Å². The summed E-state index contributed by atoms with van der Waals surface area (Å²) in [6.07, 6.45) is 0. The lowest BCUT2D eigenvalue weighted by Crippen LogP contribution is -2.39. The van der Waals surface area contributed by atoms with E-state index in [0.29, 0.717) is 17.0 Å². The zero-order chi connectivity index (χ0) is 27.2. The number of nitrogens with one attached hydrogen (secondary N) is 1. The number of rotatable bonds is 10. The van der Waals surface area contributed by atoms with Crippen LogP contribution >= 0.6 is 0 Å². The third-order valence-electron chi connectivity index (χ3n) is 5.19. The number of hydrogen-bond acceptors (Lipinski definition) is 8. The monoisotopic (exact) mass is 530 g/mol. The minimum Gasteiger partial charge on any atom is -0.493 e. The van der Waals surface area contributed by atoms with Crippen LogP contribution in [0.1, 0.15) is 12.5 Å². The molecule has 11 nitrogen and oxygen atoms in total. The van der Waals surface area contributed by atoms with Gasteiger partial charge in [0.1, 0.15) is 12.4 Å². The standard InChI is InChI=1S/C24H23FN4O7S/c1-16(17-4-8-20(9-5-17)29(31)32)26-27-24(30)15-28(19-10-6-18(25)7-11-19)37(33,34)21-12-13-22(35-2)23(14-21)36-3/h4-14H,15H2,1-3H3,(H,27,30)/b26-16-. The van der Waals surface area contributed by atoms with E-state index in [-0.39, 0.29) is 22.0 Å². The fourth-order valence-electron chi connectivity index (χ4n) is 3.23. The van der Waals surface area contributed by atoms with E-state index < -0.39 is 33.2 Å². The van der Waals surface area contributed by atoms with Crippen molar-refractivity contribution in [2.75, 3.05) is 25.1 Å². The zero-order valence-electron chi connectivity index (χ0n) is 20.0. The molecule has 3 rings (SSSR count). The number of halogens is 1. The van der Waals surface area contributed by atoms with Crippen LogP contribution in [0.4, 0.5) is 15.8 Å². The highest BCUT2D eigenvalue weighted by Crippen LogP contribution is 2.32. The first-order chi connectivity index (χ1) is 17.6. The molecule has 1 N–H and O–H groups in total. The molecule has 0 bridgehead atoms. The summed E-state index contributed by atoms with van der Waals surface area (Å²) < 4.78 is 51.7. The number of nitrogens with zero attached hydrogens (tertiary/aromatic N) is 3. The molecule has 0 unspecified atom stereocenters. The molecule has 194 valence electrons. The number of amides is 1. The molecule has 0 aliphatic heterocycles. The predicted octanol–water partition coefficient (Wildman–Crippen LogP) is 3.49. The van der Waals surface area contributed by atoms with Gasteiger partial charge in [0.05, 0.1) is 35.4 Å². The minimum atomic E-state index is -4.32. The lowest BCUT2D eigenvalue weighted by atomic mass is 10.1. The number of nitro groups is 1. The Morgan fingerprint density at radius 1 is 1.03 bits per heavy atom. The van der Waals surface area contributed by atoms with Gasteiger partial charge in [-0.3, -0.25) is 19.2 Å². The summed E-state index contributed by atoms with van der Waals surface area (Å²) in [5.74, 6) is -0.895. The largest absolute Gasteiger partial charge is 0.493 e. The first-order valence-electron chi connectivity index (χ1n) is 10.6. The molecule has 37 heavy (non-hydrogen) atoms. The smallest absolute Gasteiger partial charge is 0.269 e. The number of anilines is 1. The van der Waals surface area contributed by atoms with Crippen LogP contribution in [0.15, 0.2) is 76.7 Å². The Hall–Kier alpha value is -4.52. The first kappa shape index (κ1) is 27.1. The number of ether oxygens (including phenoxy) is 2. The number of hydrogen-bond donors (Lipinski definition) is 1. The number of carbonyl (C=O) groups is 1. The summed E-state index contributed by atoms with van der Waals surface area (Å²) >= 11 is 0. The molecule has 0 aliphatic carbocycles. The van der Waals surface area contributed by atoms with Crippen LogP contribution in [-0.4, -0.2) is 45.7 Å². The second-order valence-corrected chi connectivity index (χ2v) is 9.40. The Kier molecular flexibility index (Phi) is 8.40. The lowest BCUT2D eigenvalue weighted by Gasteiger charge is -2.24. The average molecular weight is 531 g/mol. The van der Waals surface area contributed by atoms with Crippen LogP contribution in [0, 0.1) is 15.9 Å². The van der Waals surface area contributed by atoms with Crippen molar-refractivity contribution in [1.29, 1.82) is 0 Å². The molecular formula is C24H23FN4O7S. The normalized spacial score (nSPS) is 11.5. The molecule has 13 heteroatoms. The van der Waals surface area contributed by atoms with E-state index in [1.54, 1.807) is 6.92 Å². The molecule has 0 atom stereocenters. The van der Waals surface area contributed by atoms with E-state index in [1.165, 1.54) is 68.8 Å². The number of carbonyl (C=O) groups excluding carboxylic acids is 1. The third-order valence-corrected chi connectivity index (χ3v) is 6.96. The molecule has 0 aliphatic rings. The Labute approximate surface area is 212 Å². The van der Waals surface area contributed by atoms with Gasteiger partial charge in [0.2, 0.25) is 0 Å². The summed E-state index contributed by atoms with van der Waals surface area (Å²) in [7, 11) is -1.57. The van der Waals surface area contributed by atoms with E-state index >= 15 is 0 Å². The maximum Gasteiger partial charge on any atom is 0.269 e. The highest BCUT2D eigenvalue weighted by atomic mass is 32.2. The van der Waals surface area contributed by atoms with Gasteiger partial charge in [-0.1, -0.05) is 0 Å². The SMILES string of the molecule is COc1ccc(S(=O)(=O)N(CC(=O)N/N=C(/C)c2ccc([N+](=O)[O-])cc2)c2ccc(F)cc2)cc1OC. The predicted molar refractivity (Wildman–Crippen MR) is 134 cm³/mol. The summed E-state index contributed by atoms with van der Waals surface area (Å²) in [6.45, 7) is 0.888. The van der Waals surface area contributed by atoms with Crippen molar-refractivity contribution >= 4 is 33.0 Å². The highest BCUT2D eigenvalue weighted by Gasteiger charge is 2.28. The number of benzene rings is 3.